The van der Waals surface area contributed by atoms with Gasteiger partial charge in [0, 0.05) is 20.7 Å². The number of halogens is 6. The summed E-state index contributed by atoms with van der Waals surface area (Å²) < 4.78 is 41.7. The maximum absolute atomic E-state index is 14.1. The van der Waals surface area contributed by atoms with Gasteiger partial charge in [-0.3, -0.25) is 18.8 Å². The Kier molecular flexibility index (Phi) is 7.69. The molecular weight excluding hydrogens is 397 g/mol. The van der Waals surface area contributed by atoms with Gasteiger partial charge in [-0.1, -0.05) is 11.6 Å². The molecule has 0 atom stereocenters. The van der Waals surface area contributed by atoms with Crippen LogP contribution in [0.3, 0.4) is 0 Å². The molecule has 0 fully saturated rings. The number of aromatic nitrogens is 2. The fourth-order valence-electron chi connectivity index (χ4n) is 2.21. The monoisotopic (exact) mass is 405 g/mol. The van der Waals surface area contributed by atoms with Crippen LogP contribution < -0.4 is 5.43 Å². The zero-order chi connectivity index (χ0) is 17.6. The van der Waals surface area contributed by atoms with E-state index in [0.717, 1.165) is 29.0 Å². The highest BCUT2D eigenvalue weighted by Crippen LogP contribution is 2.23. The maximum Gasteiger partial charge on any atom is 0.341 e. The fraction of sp³-hybridized carbons (Fsp3) is 0. The van der Waals surface area contributed by atoms with Gasteiger partial charge in [-0.15, -0.1) is 0 Å². The summed E-state index contributed by atoms with van der Waals surface area (Å²) in [6.45, 7) is 0. The molecule has 141 valence electrons. The molecule has 2 heterocycles. The Labute approximate surface area is 154 Å². The lowest BCUT2D eigenvalue weighted by molar-refractivity contribution is 0.0695. The molecule has 0 aliphatic heterocycles. The van der Waals surface area contributed by atoms with Gasteiger partial charge in [0.25, 0.3) is 0 Å². The summed E-state index contributed by atoms with van der Waals surface area (Å²) in [5.74, 6) is -4.50. The average molecular weight is 405 g/mol. The molecule has 0 saturated heterocycles. The molecule has 12 heteroatoms. The van der Waals surface area contributed by atoms with Crippen molar-refractivity contribution < 1.29 is 32.5 Å². The highest BCUT2D eigenvalue weighted by atomic mass is 35.5. The largest absolute Gasteiger partial charge is 0.477 e. The molecule has 0 amide bonds. The lowest BCUT2D eigenvalue weighted by Gasteiger charge is -2.13. The van der Waals surface area contributed by atoms with Gasteiger partial charge >= 0.3 is 5.97 Å². The van der Waals surface area contributed by atoms with Crippen molar-refractivity contribution in [2.45, 2.75) is 0 Å². The second-order valence-corrected chi connectivity index (χ2v) is 5.13. The van der Waals surface area contributed by atoms with Gasteiger partial charge < -0.3 is 5.11 Å². The molecule has 3 radical (unpaired) electrons. The number of nitrogens with zero attached hydrogens (tertiary/aromatic N) is 2. The Bertz CT molecular complexity index is 1080. The summed E-state index contributed by atoms with van der Waals surface area (Å²) in [6.07, 6.45) is 0.824. The number of hydrogen-bond acceptors (Lipinski definition) is 3. The minimum Gasteiger partial charge on any atom is -0.477 e. The standard InChI is InChI=1S/C15H6ClF3N2O3.B.2FH/c16-13-10(19)4-7-12(22)8(15(23)24)5-21(14(7)20-13)11-2-1-6(17)3-9(11)18;;;/h1-5H,(H,23,24);;2*1H. The second-order valence-electron chi connectivity index (χ2n) is 4.77. The first-order valence-corrected chi connectivity index (χ1v) is 6.77. The van der Waals surface area contributed by atoms with E-state index in [1.54, 1.807) is 0 Å². The molecule has 5 nitrogen and oxygen atoms in total. The van der Waals surface area contributed by atoms with Crippen molar-refractivity contribution in [1.82, 2.24) is 9.55 Å². The quantitative estimate of drug-likeness (QED) is 0.404. The zero-order valence-electron chi connectivity index (χ0n) is 13.0. The second kappa shape index (κ2) is 8.63. The Morgan fingerprint density at radius 1 is 1.11 bits per heavy atom. The van der Waals surface area contributed by atoms with Gasteiger partial charge in [-0.25, -0.2) is 22.9 Å². The molecule has 0 saturated carbocycles. The van der Waals surface area contributed by atoms with Crippen LogP contribution in [0.25, 0.3) is 16.7 Å². The number of carboxylic acid groups (broad SMARTS) is 1. The lowest BCUT2D eigenvalue weighted by Crippen LogP contribution is -2.19. The fourth-order valence-corrected chi connectivity index (χ4v) is 2.35. The van der Waals surface area contributed by atoms with E-state index in [2.05, 4.69) is 4.98 Å². The number of carboxylic acids is 1. The predicted molar refractivity (Wildman–Crippen MR) is 89.9 cm³/mol. The average Bonchev–Trinajstić information content (AvgIpc) is 2.50. The molecule has 0 unspecified atom stereocenters. The first-order chi connectivity index (χ1) is 11.3. The van der Waals surface area contributed by atoms with Crippen LogP contribution in [0.2, 0.25) is 5.15 Å². The zero-order valence-corrected chi connectivity index (χ0v) is 13.7. The third kappa shape index (κ3) is 4.08. The molecular formula is C15H8BClF5N2O3. The maximum atomic E-state index is 14.1. The summed E-state index contributed by atoms with van der Waals surface area (Å²) in [6, 6.07) is 3.26. The number of hydrogen-bond donors (Lipinski definition) is 1. The highest BCUT2D eigenvalue weighted by Gasteiger charge is 2.19. The first kappa shape index (κ1) is 24.1. The topological polar surface area (TPSA) is 72.2 Å². The summed E-state index contributed by atoms with van der Waals surface area (Å²) in [7, 11) is 0. The number of rotatable bonds is 2. The molecule has 0 aliphatic carbocycles. The van der Waals surface area contributed by atoms with Crippen LogP contribution in [-0.4, -0.2) is 29.0 Å². The van der Waals surface area contributed by atoms with Crippen LogP contribution in [-0.2, 0) is 0 Å². The molecule has 1 aromatic carbocycles. The third-order valence-corrected chi connectivity index (χ3v) is 3.55. The minimum absolute atomic E-state index is 0. The minimum atomic E-state index is -1.59. The normalized spacial score (nSPS) is 9.78. The van der Waals surface area contributed by atoms with Gasteiger partial charge in [0.15, 0.2) is 16.6 Å². The summed E-state index contributed by atoms with van der Waals surface area (Å²) in [5, 5.41) is 8.14. The number of pyridine rings is 2. The number of benzene rings is 1. The van der Waals surface area contributed by atoms with E-state index in [9.17, 15) is 22.8 Å². The predicted octanol–water partition coefficient (Wildman–Crippen LogP) is 3.08. The number of aromatic carboxylic acids is 1. The molecule has 0 spiro atoms. The van der Waals surface area contributed by atoms with Crippen LogP contribution in [0.1, 0.15) is 10.4 Å². The van der Waals surface area contributed by atoms with E-state index in [1.165, 1.54) is 0 Å². The van der Waals surface area contributed by atoms with Crippen LogP contribution in [0.4, 0.5) is 22.6 Å². The van der Waals surface area contributed by atoms with Gasteiger partial charge in [0.2, 0.25) is 5.43 Å². The van der Waals surface area contributed by atoms with Crippen molar-refractivity contribution in [2.24, 2.45) is 0 Å². The Balaban J connectivity index is 0.00000225. The van der Waals surface area contributed by atoms with Crippen molar-refractivity contribution in [3.05, 3.63) is 68.9 Å². The van der Waals surface area contributed by atoms with Crippen LogP contribution in [0, 0.1) is 17.5 Å². The van der Waals surface area contributed by atoms with E-state index in [1.807, 2.05) is 0 Å². The van der Waals surface area contributed by atoms with Gasteiger partial charge in [0.05, 0.1) is 11.1 Å². The Hall–Kier alpha value is -2.95. The van der Waals surface area contributed by atoms with Crippen molar-refractivity contribution in [2.75, 3.05) is 0 Å². The van der Waals surface area contributed by atoms with Crippen LogP contribution >= 0.6 is 11.6 Å². The van der Waals surface area contributed by atoms with Crippen LogP contribution in [0.15, 0.2) is 35.3 Å². The van der Waals surface area contributed by atoms with Gasteiger partial charge in [-0.05, 0) is 18.2 Å². The Morgan fingerprint density at radius 3 is 2.30 bits per heavy atom. The molecule has 0 aliphatic rings. The van der Waals surface area contributed by atoms with Crippen molar-refractivity contribution in [3.63, 3.8) is 0 Å². The number of fused-ring (bicyclic) bond motifs is 1. The third-order valence-electron chi connectivity index (χ3n) is 3.29. The van der Waals surface area contributed by atoms with Crippen LogP contribution in [0.5, 0.6) is 0 Å². The van der Waals surface area contributed by atoms with E-state index < -0.39 is 45.0 Å². The SMILES string of the molecule is F.F.O=C(O)c1cn(-c2ccc(F)cc2F)c2nc(Cl)c(F)cc2c1=O.[B]. The van der Waals surface area contributed by atoms with Crippen molar-refractivity contribution >= 4 is 37.0 Å². The molecule has 3 aromatic rings. The van der Waals surface area contributed by atoms with Crippen molar-refractivity contribution in [1.29, 1.82) is 0 Å². The first-order valence-electron chi connectivity index (χ1n) is 6.39. The van der Waals surface area contributed by atoms with Gasteiger partial charge in [0.1, 0.15) is 17.2 Å². The molecule has 3 rings (SSSR count). The van der Waals surface area contributed by atoms with E-state index in [0.29, 0.717) is 6.07 Å². The van der Waals surface area contributed by atoms with Gasteiger partial charge in [-0.2, -0.15) is 0 Å². The number of carbonyl (C=O) groups is 1. The lowest BCUT2D eigenvalue weighted by atomic mass is 10.1. The summed E-state index contributed by atoms with van der Waals surface area (Å²) in [5.41, 5.74) is -2.27. The van der Waals surface area contributed by atoms with E-state index >= 15 is 0 Å². The molecule has 27 heavy (non-hydrogen) atoms. The molecule has 1 N–H and O–H groups in total. The summed E-state index contributed by atoms with van der Waals surface area (Å²) in [4.78, 5) is 27.1. The smallest absolute Gasteiger partial charge is 0.341 e. The highest BCUT2D eigenvalue weighted by molar-refractivity contribution is 6.29. The molecule has 0 bridgehead atoms. The van der Waals surface area contributed by atoms with E-state index in [-0.39, 0.29) is 29.2 Å². The van der Waals surface area contributed by atoms with E-state index in [4.69, 9.17) is 16.7 Å². The Morgan fingerprint density at radius 2 is 1.74 bits per heavy atom. The van der Waals surface area contributed by atoms with Crippen molar-refractivity contribution in [3.8, 4) is 5.69 Å². The molecule has 2 aromatic heterocycles. The summed E-state index contributed by atoms with van der Waals surface area (Å²) >= 11 is 5.60.